The van der Waals surface area contributed by atoms with Gasteiger partial charge in [0.05, 0.1) is 6.07 Å². The van der Waals surface area contributed by atoms with Crippen LogP contribution < -0.4 is 0 Å². The zero-order valence-electron chi connectivity index (χ0n) is 19.9. The van der Waals surface area contributed by atoms with Crippen LogP contribution in [0.2, 0.25) is 0 Å². The lowest BCUT2D eigenvalue weighted by molar-refractivity contribution is -0.266. The number of likely N-dealkylation sites (tertiary alicyclic amines) is 1. The number of nitriles is 1. The molecule has 3 fully saturated rings. The highest BCUT2D eigenvalue weighted by Crippen LogP contribution is 2.41. The number of amides is 2. The van der Waals surface area contributed by atoms with Gasteiger partial charge in [-0.05, 0) is 51.9 Å². The van der Waals surface area contributed by atoms with Crippen LogP contribution in [0.25, 0.3) is 0 Å². The van der Waals surface area contributed by atoms with Gasteiger partial charge in [-0.3, -0.25) is 9.59 Å². The summed E-state index contributed by atoms with van der Waals surface area (Å²) in [4.78, 5) is 30.1. The van der Waals surface area contributed by atoms with Gasteiger partial charge in [-0.25, -0.2) is 0 Å². The number of aliphatic hydroxyl groups is 1. The van der Waals surface area contributed by atoms with E-state index in [0.717, 1.165) is 19.8 Å². The molecule has 2 amide bonds. The molecular weight excluding hydrogens is 463 g/mol. The van der Waals surface area contributed by atoms with E-state index in [9.17, 15) is 33.1 Å². The summed E-state index contributed by atoms with van der Waals surface area (Å²) in [6.07, 6.45) is 3.04. The summed E-state index contributed by atoms with van der Waals surface area (Å²) in [6, 6.07) is 2.25. The third-order valence-corrected chi connectivity index (χ3v) is 7.93. The molecule has 1 N–H and O–H groups in total. The lowest BCUT2D eigenvalue weighted by Crippen LogP contribution is -2.53. The molecule has 1 saturated carbocycles. The van der Waals surface area contributed by atoms with E-state index in [1.54, 1.807) is 4.90 Å². The Balaban J connectivity index is 1.39. The van der Waals surface area contributed by atoms with Gasteiger partial charge in [-0.1, -0.05) is 18.2 Å². The van der Waals surface area contributed by atoms with E-state index in [-0.39, 0.29) is 30.3 Å². The minimum absolute atomic E-state index is 0.0721. The summed E-state index contributed by atoms with van der Waals surface area (Å²) >= 11 is 0. The van der Waals surface area contributed by atoms with E-state index in [2.05, 4.69) is 6.07 Å². The molecule has 7 nitrogen and oxygen atoms in total. The number of nitrogens with zero attached hydrogens (tertiary/aromatic N) is 3. The van der Waals surface area contributed by atoms with Crippen molar-refractivity contribution in [3.8, 4) is 6.07 Å². The number of ether oxygens (including phenoxy) is 1. The lowest BCUT2D eigenvalue weighted by Gasteiger charge is -2.42. The Morgan fingerprint density at radius 3 is 2.26 bits per heavy atom. The molecule has 2 heterocycles. The highest BCUT2D eigenvalue weighted by molar-refractivity contribution is 5.97. The van der Waals surface area contributed by atoms with Crippen molar-refractivity contribution < 1.29 is 32.6 Å². The zero-order valence-corrected chi connectivity index (χ0v) is 19.9. The first kappa shape index (κ1) is 25.7. The van der Waals surface area contributed by atoms with Gasteiger partial charge in [0.15, 0.2) is 5.60 Å². The molecule has 1 unspecified atom stereocenters. The fourth-order valence-electron chi connectivity index (χ4n) is 5.28. The molecule has 192 valence electrons. The van der Waals surface area contributed by atoms with Crippen molar-refractivity contribution in [2.24, 2.45) is 11.3 Å². The number of allylic oxidation sites excluding steroid dienone is 1. The third-order valence-electron chi connectivity index (χ3n) is 7.93. The molecule has 2 saturated heterocycles. The molecule has 10 heteroatoms. The van der Waals surface area contributed by atoms with Crippen molar-refractivity contribution in [2.45, 2.75) is 75.7 Å². The predicted octanol–water partition coefficient (Wildman–Crippen LogP) is 3.10. The molecule has 4 aliphatic rings. The first-order valence-corrected chi connectivity index (χ1v) is 12.3. The number of alkyl halides is 3. The second kappa shape index (κ2) is 9.58. The Hall–Kier alpha value is -2.38. The van der Waals surface area contributed by atoms with E-state index in [4.69, 9.17) is 4.74 Å². The fourth-order valence-corrected chi connectivity index (χ4v) is 5.28. The monoisotopic (exact) mass is 495 g/mol. The molecule has 4 rings (SSSR count). The van der Waals surface area contributed by atoms with Gasteiger partial charge < -0.3 is 19.6 Å². The van der Waals surface area contributed by atoms with E-state index < -0.39 is 23.1 Å². The Morgan fingerprint density at radius 1 is 1.17 bits per heavy atom. The summed E-state index contributed by atoms with van der Waals surface area (Å²) in [7, 11) is 0. The maximum absolute atomic E-state index is 13.4. The minimum atomic E-state index is -4.77. The molecule has 0 aromatic heterocycles. The summed E-state index contributed by atoms with van der Waals surface area (Å²) < 4.78 is 44.9. The second-order valence-electron chi connectivity index (χ2n) is 10.3. The van der Waals surface area contributed by atoms with Gasteiger partial charge in [0.25, 0.3) is 5.91 Å². The van der Waals surface area contributed by atoms with Crippen molar-refractivity contribution in [1.29, 1.82) is 5.26 Å². The van der Waals surface area contributed by atoms with E-state index >= 15 is 0 Å². The topological polar surface area (TPSA) is 93.9 Å². The van der Waals surface area contributed by atoms with Crippen molar-refractivity contribution >= 4 is 11.8 Å². The van der Waals surface area contributed by atoms with E-state index in [0.29, 0.717) is 57.6 Å². The van der Waals surface area contributed by atoms with Crippen LogP contribution >= 0.6 is 0 Å². The molecule has 2 atom stereocenters. The van der Waals surface area contributed by atoms with Gasteiger partial charge in [0.2, 0.25) is 5.91 Å². The zero-order chi connectivity index (χ0) is 25.4. The smallest absolute Gasteiger partial charge is 0.381 e. The number of piperidine rings is 1. The Labute approximate surface area is 203 Å². The van der Waals surface area contributed by atoms with Crippen LogP contribution in [0.15, 0.2) is 23.8 Å². The molecule has 0 radical (unpaired) electrons. The van der Waals surface area contributed by atoms with Crippen LogP contribution in [0.4, 0.5) is 13.2 Å². The first-order valence-electron chi connectivity index (χ1n) is 12.3. The fraction of sp³-hybridized carbons (Fsp3) is 0.720. The summed E-state index contributed by atoms with van der Waals surface area (Å²) in [5, 5.41) is 19.6. The van der Waals surface area contributed by atoms with Crippen LogP contribution in [0.3, 0.4) is 0 Å². The number of rotatable bonds is 5. The quantitative estimate of drug-likeness (QED) is 0.633. The summed E-state index contributed by atoms with van der Waals surface area (Å²) in [6.45, 7) is 2.44. The summed E-state index contributed by atoms with van der Waals surface area (Å²) in [5.41, 5.74) is -3.56. The molecule has 0 aromatic rings. The maximum atomic E-state index is 13.4. The van der Waals surface area contributed by atoms with Crippen molar-refractivity contribution in [2.75, 3.05) is 26.3 Å². The largest absolute Gasteiger partial charge is 0.417 e. The molecule has 2 aliphatic carbocycles. The van der Waals surface area contributed by atoms with Gasteiger partial charge in [-0.2, -0.15) is 18.4 Å². The molecule has 0 spiro atoms. The van der Waals surface area contributed by atoms with Gasteiger partial charge in [-0.15, -0.1) is 0 Å². The lowest BCUT2D eigenvalue weighted by atomic mass is 9.80. The highest BCUT2D eigenvalue weighted by atomic mass is 19.4. The Morgan fingerprint density at radius 2 is 1.77 bits per heavy atom. The minimum Gasteiger partial charge on any atom is -0.381 e. The van der Waals surface area contributed by atoms with E-state index in [1.807, 2.05) is 4.90 Å². The molecule has 35 heavy (non-hydrogen) atoms. The van der Waals surface area contributed by atoms with Gasteiger partial charge in [0, 0.05) is 49.9 Å². The van der Waals surface area contributed by atoms with E-state index in [1.165, 1.54) is 18.2 Å². The Kier molecular flexibility index (Phi) is 7.04. The van der Waals surface area contributed by atoms with Crippen LogP contribution in [0.1, 0.15) is 51.9 Å². The van der Waals surface area contributed by atoms with Crippen LogP contribution in [0, 0.1) is 22.7 Å². The summed E-state index contributed by atoms with van der Waals surface area (Å²) in [5.74, 6) is -1.52. The van der Waals surface area contributed by atoms with Gasteiger partial charge in [0.1, 0.15) is 5.41 Å². The molecule has 0 bridgehead atoms. The number of hydrogen-bond donors (Lipinski definition) is 1. The van der Waals surface area contributed by atoms with Gasteiger partial charge >= 0.3 is 6.18 Å². The second-order valence-corrected chi connectivity index (χ2v) is 10.3. The molecule has 2 aliphatic heterocycles. The van der Waals surface area contributed by atoms with Crippen molar-refractivity contribution in [1.82, 2.24) is 9.80 Å². The molecule has 0 aromatic carbocycles. The average molecular weight is 496 g/mol. The third kappa shape index (κ3) is 4.98. The highest BCUT2D eigenvalue weighted by Gasteiger charge is 2.54. The van der Waals surface area contributed by atoms with Crippen molar-refractivity contribution in [3.05, 3.63) is 23.8 Å². The number of carbonyl (C=O) groups excluding carboxylic acids is 2. The van der Waals surface area contributed by atoms with Crippen LogP contribution in [-0.4, -0.2) is 76.9 Å². The number of hydrogen-bond acceptors (Lipinski definition) is 5. The average Bonchev–Trinajstić information content (AvgIpc) is 3.69. The standard InChI is InChI=1S/C25H32F3N3O4/c1-23(34,25(26,27)28)18-4-2-17(3-5-18)21(32)31(19-6-7-19)20-8-12-30(13-9-20)22(33)24(16-29)10-14-35-15-11-24/h2-4,18-20,34H,5-15H2,1H3/t18?,23-/m0/s1. The number of carbonyl (C=O) groups is 2. The SMILES string of the molecule is C[C@](O)(C1C=CC(C(=O)N(C2CC2)C2CCN(C(=O)C3(C#N)CCOCC3)CC2)=CC1)C(F)(F)F. The first-order chi connectivity index (χ1) is 16.5. The molecular formula is C25H32F3N3O4. The van der Waals surface area contributed by atoms with Crippen molar-refractivity contribution in [3.63, 3.8) is 0 Å². The maximum Gasteiger partial charge on any atom is 0.417 e. The van der Waals surface area contributed by atoms with Crippen LogP contribution in [-0.2, 0) is 14.3 Å². The normalized spacial score (nSPS) is 26.9. The van der Waals surface area contributed by atoms with Crippen LogP contribution in [0.5, 0.6) is 0 Å². The Bertz CT molecular complexity index is 935. The predicted molar refractivity (Wildman–Crippen MR) is 120 cm³/mol. The number of halogens is 3.